The Labute approximate surface area is 207 Å². The smallest absolute Gasteiger partial charge is 0.308 e. The Balaban J connectivity index is 1.38. The second kappa shape index (κ2) is 11.5. The van der Waals surface area contributed by atoms with Gasteiger partial charge in [0.05, 0.1) is 29.0 Å². The van der Waals surface area contributed by atoms with Crippen LogP contribution in [0.5, 0.6) is 5.75 Å². The molecule has 1 saturated heterocycles. The number of piperidine rings is 1. The van der Waals surface area contributed by atoms with Gasteiger partial charge in [-0.3, -0.25) is 9.78 Å². The largest absolute Gasteiger partial charge is 0.497 e. The summed E-state index contributed by atoms with van der Waals surface area (Å²) in [7, 11) is 1.56. The summed E-state index contributed by atoms with van der Waals surface area (Å²) in [5, 5.41) is 12.6. The Morgan fingerprint density at radius 3 is 3.03 bits per heavy atom. The number of carboxylic acid groups (broad SMARTS) is 1. The first-order valence-corrected chi connectivity index (χ1v) is 13.3. The molecule has 0 aliphatic carbocycles. The molecule has 3 atom stereocenters. The summed E-state index contributed by atoms with van der Waals surface area (Å²) in [5.74, 6) is -0.0630. The van der Waals surface area contributed by atoms with Gasteiger partial charge in [-0.2, -0.15) is 0 Å². The number of hydrogen-bond donors (Lipinski definition) is 2. The van der Waals surface area contributed by atoms with Crippen LogP contribution < -0.4 is 10.5 Å². The van der Waals surface area contributed by atoms with Crippen LogP contribution in [0.25, 0.3) is 10.9 Å². The molecule has 0 radical (unpaired) electrons. The van der Waals surface area contributed by atoms with Crippen molar-refractivity contribution in [2.45, 2.75) is 29.5 Å². The molecule has 1 aromatic carbocycles. The van der Waals surface area contributed by atoms with Crippen LogP contribution in [0.3, 0.4) is 0 Å². The third-order valence-electron chi connectivity index (χ3n) is 6.59. The fourth-order valence-corrected chi connectivity index (χ4v) is 6.59. The van der Waals surface area contributed by atoms with Crippen LogP contribution in [0.4, 0.5) is 4.39 Å². The summed E-state index contributed by atoms with van der Waals surface area (Å²) in [6.45, 7) is 2.29. The maximum absolute atomic E-state index is 14.8. The Morgan fingerprint density at radius 2 is 2.29 bits per heavy atom. The zero-order chi connectivity index (χ0) is 24.1. The molecule has 1 aliphatic heterocycles. The molecule has 0 bridgehead atoms. The van der Waals surface area contributed by atoms with Gasteiger partial charge in [0.2, 0.25) is 0 Å². The quantitative estimate of drug-likeness (QED) is 0.375. The summed E-state index contributed by atoms with van der Waals surface area (Å²) < 4.78 is 21.3. The number of nitrogens with zero attached hydrogens (tertiary/aromatic N) is 2. The third-order valence-corrected chi connectivity index (χ3v) is 8.70. The number of thiophene rings is 1. The van der Waals surface area contributed by atoms with Gasteiger partial charge >= 0.3 is 5.97 Å². The van der Waals surface area contributed by atoms with Crippen LogP contribution in [-0.2, 0) is 4.79 Å². The number of thioether (sulfide) groups is 1. The van der Waals surface area contributed by atoms with Crippen LogP contribution in [0.15, 0.2) is 46.1 Å². The van der Waals surface area contributed by atoms with E-state index in [1.165, 1.54) is 10.4 Å². The minimum atomic E-state index is -0.764. The predicted octanol–water partition coefficient (Wildman–Crippen LogP) is 5.04. The van der Waals surface area contributed by atoms with E-state index in [-0.39, 0.29) is 5.92 Å². The highest BCUT2D eigenvalue weighted by Gasteiger charge is 2.34. The van der Waals surface area contributed by atoms with Crippen molar-refractivity contribution in [2.24, 2.45) is 17.6 Å². The molecule has 3 N–H and O–H groups in total. The van der Waals surface area contributed by atoms with Gasteiger partial charge in [0.15, 0.2) is 0 Å². The van der Waals surface area contributed by atoms with Gasteiger partial charge in [-0.15, -0.1) is 23.1 Å². The number of carboxylic acids is 1. The summed E-state index contributed by atoms with van der Waals surface area (Å²) in [4.78, 5) is 18.5. The van der Waals surface area contributed by atoms with E-state index >= 15 is 0 Å². The zero-order valence-electron chi connectivity index (χ0n) is 19.2. The van der Waals surface area contributed by atoms with Crippen LogP contribution in [0, 0.1) is 17.7 Å². The van der Waals surface area contributed by atoms with E-state index in [0.29, 0.717) is 41.6 Å². The van der Waals surface area contributed by atoms with Gasteiger partial charge in [-0.1, -0.05) is 6.07 Å². The SMILES string of the molecule is COc1ccc2ncc(F)c(C(N)CCC3CCN(CCSc4cccs4)CC3C(=O)O)c2c1. The van der Waals surface area contributed by atoms with Crippen LogP contribution in [0.1, 0.15) is 30.9 Å². The molecule has 6 nitrogen and oxygen atoms in total. The highest BCUT2D eigenvalue weighted by Crippen LogP contribution is 2.34. The Kier molecular flexibility index (Phi) is 8.41. The maximum Gasteiger partial charge on any atom is 0.308 e. The van der Waals surface area contributed by atoms with E-state index in [9.17, 15) is 14.3 Å². The Bertz CT molecular complexity index is 1110. The molecule has 1 fully saturated rings. The molecule has 3 heterocycles. The lowest BCUT2D eigenvalue weighted by atomic mass is 9.81. The standard InChI is InChI=1S/C25H30FN3O3S2/c1-32-17-5-7-22-18(13-17)24(20(26)14-28-22)21(27)6-4-16-8-9-29(15-19(16)25(30)31)10-12-34-23-3-2-11-33-23/h2-3,5,7,11,13-14,16,19,21H,4,6,8-10,12,15,27H2,1H3,(H,30,31). The number of methoxy groups -OCH3 is 1. The minimum Gasteiger partial charge on any atom is -0.497 e. The Morgan fingerprint density at radius 1 is 1.44 bits per heavy atom. The lowest BCUT2D eigenvalue weighted by Gasteiger charge is -2.37. The van der Waals surface area contributed by atoms with Gasteiger partial charge in [-0.25, -0.2) is 4.39 Å². The van der Waals surface area contributed by atoms with Crippen molar-refractivity contribution >= 4 is 40.0 Å². The molecule has 34 heavy (non-hydrogen) atoms. The van der Waals surface area contributed by atoms with Crippen molar-refractivity contribution in [2.75, 3.05) is 32.5 Å². The molecule has 3 unspecified atom stereocenters. The maximum atomic E-state index is 14.8. The molecule has 182 valence electrons. The van der Waals surface area contributed by atoms with Crippen molar-refractivity contribution in [1.82, 2.24) is 9.88 Å². The highest BCUT2D eigenvalue weighted by molar-refractivity contribution is 8.01. The number of fused-ring (bicyclic) bond motifs is 1. The first-order valence-electron chi connectivity index (χ1n) is 11.5. The number of hydrogen-bond acceptors (Lipinski definition) is 7. The summed E-state index contributed by atoms with van der Waals surface area (Å²) >= 11 is 3.54. The molecule has 3 aromatic rings. The Hall–Kier alpha value is -2.20. The first-order chi connectivity index (χ1) is 16.5. The normalized spacial score (nSPS) is 19.9. The highest BCUT2D eigenvalue weighted by atomic mass is 32.2. The molecule has 9 heteroatoms. The lowest BCUT2D eigenvalue weighted by molar-refractivity contribution is -0.146. The van der Waals surface area contributed by atoms with E-state index in [2.05, 4.69) is 21.3 Å². The number of aromatic nitrogens is 1. The summed E-state index contributed by atoms with van der Waals surface area (Å²) in [6.07, 6.45) is 3.16. The second-order valence-corrected chi connectivity index (χ2v) is 11.0. The monoisotopic (exact) mass is 503 g/mol. The number of nitrogens with two attached hydrogens (primary N) is 1. The fourth-order valence-electron chi connectivity index (χ4n) is 4.73. The van der Waals surface area contributed by atoms with Gasteiger partial charge < -0.3 is 20.5 Å². The number of aliphatic carboxylic acids is 1. The summed E-state index contributed by atoms with van der Waals surface area (Å²) in [5.41, 5.74) is 7.54. The predicted molar refractivity (Wildman–Crippen MR) is 135 cm³/mol. The number of rotatable bonds is 10. The van der Waals surface area contributed by atoms with E-state index in [0.717, 1.165) is 25.3 Å². The molecular formula is C25H30FN3O3S2. The first kappa shape index (κ1) is 24.9. The summed E-state index contributed by atoms with van der Waals surface area (Å²) in [6, 6.07) is 8.93. The molecule has 0 spiro atoms. The number of pyridine rings is 1. The number of ether oxygens (including phenoxy) is 1. The number of carbonyl (C=O) groups is 1. The molecule has 0 amide bonds. The van der Waals surface area contributed by atoms with Crippen molar-refractivity contribution < 1.29 is 19.0 Å². The van der Waals surface area contributed by atoms with Crippen LogP contribution in [-0.4, -0.2) is 53.5 Å². The van der Waals surface area contributed by atoms with Crippen molar-refractivity contribution in [3.8, 4) is 5.75 Å². The van der Waals surface area contributed by atoms with Crippen LogP contribution >= 0.6 is 23.1 Å². The number of benzene rings is 1. The van der Waals surface area contributed by atoms with Crippen molar-refractivity contribution in [3.05, 3.63) is 53.3 Å². The van der Waals surface area contributed by atoms with Crippen molar-refractivity contribution in [3.63, 3.8) is 0 Å². The second-order valence-electron chi connectivity index (χ2n) is 8.66. The fraction of sp³-hybridized carbons (Fsp3) is 0.440. The third kappa shape index (κ3) is 5.89. The molecule has 0 saturated carbocycles. The van der Waals surface area contributed by atoms with Crippen molar-refractivity contribution in [1.29, 1.82) is 0 Å². The number of halogens is 1. The van der Waals surface area contributed by atoms with E-state index in [1.807, 2.05) is 17.8 Å². The van der Waals surface area contributed by atoms with Gasteiger partial charge in [-0.05, 0) is 61.4 Å². The van der Waals surface area contributed by atoms with E-state index in [4.69, 9.17) is 10.5 Å². The minimum absolute atomic E-state index is 0.0236. The van der Waals surface area contributed by atoms with Gasteiger partial charge in [0.25, 0.3) is 0 Å². The molecule has 4 rings (SSSR count). The van der Waals surface area contributed by atoms with E-state index < -0.39 is 23.7 Å². The van der Waals surface area contributed by atoms with Gasteiger partial charge in [0, 0.05) is 35.8 Å². The van der Waals surface area contributed by atoms with Gasteiger partial charge in [0.1, 0.15) is 11.6 Å². The molecule has 2 aromatic heterocycles. The molecular weight excluding hydrogens is 473 g/mol. The van der Waals surface area contributed by atoms with Crippen LogP contribution in [0.2, 0.25) is 0 Å². The lowest BCUT2D eigenvalue weighted by Crippen LogP contribution is -2.44. The number of likely N-dealkylation sites (tertiary alicyclic amines) is 1. The average Bonchev–Trinajstić information content (AvgIpc) is 3.36. The zero-order valence-corrected chi connectivity index (χ0v) is 20.8. The molecule has 1 aliphatic rings. The van der Waals surface area contributed by atoms with E-state index in [1.54, 1.807) is 36.6 Å². The topological polar surface area (TPSA) is 88.7 Å². The average molecular weight is 504 g/mol.